The number of hydrogen-bond donors (Lipinski definition) is 3. The predicted molar refractivity (Wildman–Crippen MR) is 114 cm³/mol. The van der Waals surface area contributed by atoms with Gasteiger partial charge in [0.25, 0.3) is 5.95 Å². The van der Waals surface area contributed by atoms with E-state index in [1.54, 1.807) is 0 Å². The first-order chi connectivity index (χ1) is 14.3. The summed E-state index contributed by atoms with van der Waals surface area (Å²) in [6.07, 6.45) is 2.72. The Kier molecular flexibility index (Phi) is 4.67. The zero-order chi connectivity index (χ0) is 19.6. The van der Waals surface area contributed by atoms with Crippen LogP contribution in [0.4, 0.5) is 5.82 Å². The average Bonchev–Trinajstić information content (AvgIpc) is 3.22. The number of nitrogens with zero attached hydrogens (tertiary/aromatic N) is 4. The Morgan fingerprint density at radius 2 is 1.97 bits per heavy atom. The van der Waals surface area contributed by atoms with Crippen LogP contribution >= 0.6 is 0 Å². The second-order valence-corrected chi connectivity index (χ2v) is 7.17. The third-order valence-electron chi connectivity index (χ3n) is 5.34. The Bertz CT molecular complexity index is 1150. The van der Waals surface area contributed by atoms with E-state index in [4.69, 9.17) is 15.7 Å². The number of nitrogens with two attached hydrogens (primary N) is 1. The maximum absolute atomic E-state index is 5.89. The molecule has 1 aliphatic heterocycles. The molecular weight excluding hydrogens is 362 g/mol. The number of fused-ring (bicyclic) bond motifs is 2. The summed E-state index contributed by atoms with van der Waals surface area (Å²) >= 11 is 0. The van der Waals surface area contributed by atoms with E-state index in [9.17, 15) is 0 Å². The number of hydrogen-bond acceptors (Lipinski definition) is 6. The monoisotopic (exact) mass is 385 g/mol. The molecule has 0 bridgehead atoms. The predicted octanol–water partition coefficient (Wildman–Crippen LogP) is 2.53. The van der Waals surface area contributed by atoms with Crippen molar-refractivity contribution in [2.75, 3.05) is 11.9 Å². The van der Waals surface area contributed by atoms with Gasteiger partial charge in [-0.05, 0) is 17.2 Å². The highest BCUT2D eigenvalue weighted by Gasteiger charge is 2.19. The minimum absolute atomic E-state index is 0.476. The van der Waals surface area contributed by atoms with Crippen molar-refractivity contribution >= 4 is 16.7 Å². The van der Waals surface area contributed by atoms with E-state index in [0.29, 0.717) is 19.0 Å². The first kappa shape index (κ1) is 17.8. The molecule has 0 saturated carbocycles. The van der Waals surface area contributed by atoms with Gasteiger partial charge in [-0.25, -0.2) is 4.98 Å². The molecule has 4 N–H and O–H groups in total. The van der Waals surface area contributed by atoms with Gasteiger partial charge in [-0.1, -0.05) is 42.5 Å². The van der Waals surface area contributed by atoms with Crippen LogP contribution in [-0.4, -0.2) is 26.3 Å². The van der Waals surface area contributed by atoms with Gasteiger partial charge in [-0.3, -0.25) is 0 Å². The van der Waals surface area contributed by atoms with Gasteiger partial charge in [0.2, 0.25) is 0 Å². The van der Waals surface area contributed by atoms with E-state index in [-0.39, 0.29) is 0 Å². The maximum atomic E-state index is 5.89. The van der Waals surface area contributed by atoms with Gasteiger partial charge in [-0.2, -0.15) is 14.8 Å². The molecule has 3 heterocycles. The fourth-order valence-electron chi connectivity index (χ4n) is 3.80. The molecular formula is C22H23N7. The van der Waals surface area contributed by atoms with Gasteiger partial charge < -0.3 is 16.4 Å². The Morgan fingerprint density at radius 1 is 1.07 bits per heavy atom. The van der Waals surface area contributed by atoms with Crippen LogP contribution in [0.5, 0.6) is 0 Å². The molecule has 2 aromatic heterocycles. The largest absolute Gasteiger partial charge is 0.366 e. The minimum Gasteiger partial charge on any atom is -0.366 e. The number of aromatic nitrogens is 4. The van der Waals surface area contributed by atoms with Crippen LogP contribution in [0.1, 0.15) is 22.4 Å². The van der Waals surface area contributed by atoms with E-state index in [1.807, 2.05) is 47.3 Å². The van der Waals surface area contributed by atoms with Crippen LogP contribution < -0.4 is 16.4 Å². The van der Waals surface area contributed by atoms with Crippen molar-refractivity contribution in [2.24, 2.45) is 5.73 Å². The van der Waals surface area contributed by atoms with Crippen molar-refractivity contribution in [3.63, 3.8) is 0 Å². The molecule has 146 valence electrons. The topological polar surface area (TPSA) is 93.7 Å². The molecule has 4 aromatic rings. The number of benzene rings is 2. The van der Waals surface area contributed by atoms with E-state index in [0.717, 1.165) is 53.1 Å². The summed E-state index contributed by atoms with van der Waals surface area (Å²) in [7, 11) is 0. The van der Waals surface area contributed by atoms with Crippen molar-refractivity contribution in [1.29, 1.82) is 0 Å². The average molecular weight is 385 g/mol. The maximum Gasteiger partial charge on any atom is 0.253 e. The van der Waals surface area contributed by atoms with Crippen molar-refractivity contribution in [3.8, 4) is 5.95 Å². The Balaban J connectivity index is 1.57. The summed E-state index contributed by atoms with van der Waals surface area (Å²) in [6, 6.07) is 16.4. The molecule has 7 heteroatoms. The quantitative estimate of drug-likeness (QED) is 0.489. The minimum atomic E-state index is 0.476. The van der Waals surface area contributed by atoms with Crippen molar-refractivity contribution in [3.05, 3.63) is 77.1 Å². The fourth-order valence-corrected chi connectivity index (χ4v) is 3.80. The molecule has 7 nitrogen and oxygen atoms in total. The molecule has 0 saturated heterocycles. The lowest BCUT2D eigenvalue weighted by Crippen LogP contribution is -2.27. The number of anilines is 1. The highest BCUT2D eigenvalue weighted by Crippen LogP contribution is 2.25. The molecule has 0 radical (unpaired) electrons. The van der Waals surface area contributed by atoms with E-state index in [2.05, 4.69) is 27.9 Å². The van der Waals surface area contributed by atoms with E-state index in [1.165, 1.54) is 5.56 Å². The Labute approximate surface area is 169 Å². The smallest absolute Gasteiger partial charge is 0.253 e. The van der Waals surface area contributed by atoms with Crippen molar-refractivity contribution < 1.29 is 0 Å². The molecule has 0 unspecified atom stereocenters. The van der Waals surface area contributed by atoms with Crippen LogP contribution in [0.15, 0.2) is 54.7 Å². The highest BCUT2D eigenvalue weighted by molar-refractivity contribution is 5.83. The lowest BCUT2D eigenvalue weighted by Gasteiger charge is -2.21. The number of rotatable bonds is 5. The lowest BCUT2D eigenvalue weighted by atomic mass is 10.1. The van der Waals surface area contributed by atoms with E-state index < -0.39 is 0 Å². The van der Waals surface area contributed by atoms with Crippen LogP contribution in [0, 0.1) is 0 Å². The summed E-state index contributed by atoms with van der Waals surface area (Å²) in [5.41, 5.74) is 11.3. The van der Waals surface area contributed by atoms with Gasteiger partial charge in [0, 0.05) is 43.5 Å². The van der Waals surface area contributed by atoms with Gasteiger partial charge in [0.1, 0.15) is 5.82 Å². The molecule has 1 aliphatic rings. The van der Waals surface area contributed by atoms with Crippen molar-refractivity contribution in [2.45, 2.75) is 26.1 Å². The third kappa shape index (κ3) is 3.35. The summed E-state index contributed by atoms with van der Waals surface area (Å²) in [5.74, 6) is 1.45. The van der Waals surface area contributed by atoms with Gasteiger partial charge >= 0.3 is 0 Å². The van der Waals surface area contributed by atoms with Gasteiger partial charge in [-0.15, -0.1) is 0 Å². The zero-order valence-corrected chi connectivity index (χ0v) is 16.1. The third-order valence-corrected chi connectivity index (χ3v) is 5.34. The molecule has 0 spiro atoms. The standard InChI is InChI=1S/C22H23N7/c23-11-16-7-4-8-20-17(16)14-26-29(20)22-27-19-9-10-24-13-18(19)21(28-22)25-12-15-5-2-1-3-6-15/h1-8,14,24H,9-13,23H2,(H,25,27,28). The van der Waals surface area contributed by atoms with Crippen LogP contribution in [0.2, 0.25) is 0 Å². The summed E-state index contributed by atoms with van der Waals surface area (Å²) < 4.78 is 1.81. The fraction of sp³-hybridized carbons (Fsp3) is 0.227. The van der Waals surface area contributed by atoms with E-state index >= 15 is 0 Å². The molecule has 0 fully saturated rings. The van der Waals surface area contributed by atoms with Gasteiger partial charge in [0.15, 0.2) is 0 Å². The molecule has 29 heavy (non-hydrogen) atoms. The first-order valence-corrected chi connectivity index (χ1v) is 9.88. The Hall–Kier alpha value is -3.29. The van der Waals surface area contributed by atoms with Crippen molar-refractivity contribution in [1.82, 2.24) is 25.1 Å². The molecule has 0 atom stereocenters. The highest BCUT2D eigenvalue weighted by atomic mass is 15.4. The lowest BCUT2D eigenvalue weighted by molar-refractivity contribution is 0.622. The summed E-state index contributed by atoms with van der Waals surface area (Å²) in [4.78, 5) is 9.71. The Morgan fingerprint density at radius 3 is 2.83 bits per heavy atom. The van der Waals surface area contributed by atoms with Crippen LogP contribution in [0.3, 0.4) is 0 Å². The second-order valence-electron chi connectivity index (χ2n) is 7.17. The zero-order valence-electron chi connectivity index (χ0n) is 16.1. The second kappa shape index (κ2) is 7.62. The molecule has 2 aromatic carbocycles. The molecule has 0 amide bonds. The molecule has 5 rings (SSSR count). The van der Waals surface area contributed by atoms with Crippen LogP contribution in [0.25, 0.3) is 16.9 Å². The first-order valence-electron chi connectivity index (χ1n) is 9.88. The van der Waals surface area contributed by atoms with Crippen LogP contribution in [-0.2, 0) is 26.1 Å². The number of nitrogens with one attached hydrogen (secondary N) is 2. The summed E-state index contributed by atoms with van der Waals surface area (Å²) in [6.45, 7) is 2.87. The normalized spacial score (nSPS) is 13.4. The summed E-state index contributed by atoms with van der Waals surface area (Å²) in [5, 5.41) is 12.5. The SMILES string of the molecule is NCc1cccc2c1cnn2-c1nc2c(c(NCc3ccccc3)n1)CNCC2. The molecule has 0 aliphatic carbocycles. The van der Waals surface area contributed by atoms with Gasteiger partial charge in [0.05, 0.1) is 17.4 Å².